The van der Waals surface area contributed by atoms with Gasteiger partial charge >= 0.3 is 0 Å². The number of pyridine rings is 1. The minimum absolute atomic E-state index is 0.285. The molecule has 0 spiro atoms. The Bertz CT molecular complexity index is 588. The molecule has 0 atom stereocenters. The fourth-order valence-electron chi connectivity index (χ4n) is 2.47. The third kappa shape index (κ3) is 2.50. The Morgan fingerprint density at radius 1 is 1.45 bits per heavy atom. The standard InChI is InChI=1S/C16H17FN2O/c1-11(12-4-5-12)15(17)16(20)19-8-6-14(10-19)13-3-2-7-18-9-13/h2-3,6-7,9,12H,4-5,8,10H2,1H3/b15-11-. The first-order valence-electron chi connectivity index (χ1n) is 6.92. The summed E-state index contributed by atoms with van der Waals surface area (Å²) in [7, 11) is 0. The van der Waals surface area contributed by atoms with Crippen LogP contribution in [-0.2, 0) is 4.79 Å². The summed E-state index contributed by atoms with van der Waals surface area (Å²) in [6, 6.07) is 3.81. The maximum Gasteiger partial charge on any atom is 0.283 e. The van der Waals surface area contributed by atoms with Crippen molar-refractivity contribution in [2.45, 2.75) is 19.8 Å². The smallest absolute Gasteiger partial charge is 0.283 e. The van der Waals surface area contributed by atoms with Crippen LogP contribution in [0.1, 0.15) is 25.3 Å². The van der Waals surface area contributed by atoms with Crippen molar-refractivity contribution in [1.82, 2.24) is 9.88 Å². The van der Waals surface area contributed by atoms with E-state index < -0.39 is 11.7 Å². The normalized spacial score (nSPS) is 19.7. The number of hydrogen-bond acceptors (Lipinski definition) is 2. The molecule has 3 nitrogen and oxygen atoms in total. The first kappa shape index (κ1) is 13.0. The van der Waals surface area contributed by atoms with Crippen LogP contribution >= 0.6 is 0 Å². The number of halogens is 1. The van der Waals surface area contributed by atoms with Gasteiger partial charge in [-0.15, -0.1) is 0 Å². The summed E-state index contributed by atoms with van der Waals surface area (Å²) in [5.41, 5.74) is 2.64. The molecule has 1 aromatic rings. The molecule has 20 heavy (non-hydrogen) atoms. The number of aromatic nitrogens is 1. The summed E-state index contributed by atoms with van der Waals surface area (Å²) >= 11 is 0. The molecule has 0 radical (unpaired) electrons. The average Bonchev–Trinajstić information content (AvgIpc) is 3.22. The van der Waals surface area contributed by atoms with Crippen molar-refractivity contribution in [1.29, 1.82) is 0 Å². The van der Waals surface area contributed by atoms with E-state index in [1.54, 1.807) is 24.2 Å². The highest BCUT2D eigenvalue weighted by atomic mass is 19.1. The number of allylic oxidation sites excluding steroid dienone is 1. The maximum absolute atomic E-state index is 14.1. The van der Waals surface area contributed by atoms with Gasteiger partial charge in [-0.05, 0) is 48.5 Å². The van der Waals surface area contributed by atoms with Gasteiger partial charge in [0.2, 0.25) is 0 Å². The van der Waals surface area contributed by atoms with E-state index >= 15 is 0 Å². The highest BCUT2D eigenvalue weighted by molar-refractivity contribution is 5.94. The van der Waals surface area contributed by atoms with Gasteiger partial charge in [-0.1, -0.05) is 12.1 Å². The summed E-state index contributed by atoms with van der Waals surface area (Å²) in [5.74, 6) is -0.759. The number of hydrogen-bond donors (Lipinski definition) is 0. The van der Waals surface area contributed by atoms with Gasteiger partial charge in [0, 0.05) is 25.5 Å². The Morgan fingerprint density at radius 2 is 2.25 bits per heavy atom. The van der Waals surface area contributed by atoms with Gasteiger partial charge in [0.1, 0.15) is 0 Å². The molecule has 1 aromatic heterocycles. The van der Waals surface area contributed by atoms with Crippen LogP contribution in [0.15, 0.2) is 42.0 Å². The van der Waals surface area contributed by atoms with Crippen LogP contribution in [0.5, 0.6) is 0 Å². The van der Waals surface area contributed by atoms with Crippen LogP contribution in [0.25, 0.3) is 5.57 Å². The fourth-order valence-corrected chi connectivity index (χ4v) is 2.47. The number of rotatable bonds is 3. The number of carbonyl (C=O) groups is 1. The van der Waals surface area contributed by atoms with Crippen LogP contribution < -0.4 is 0 Å². The molecule has 1 fully saturated rings. The summed E-state index contributed by atoms with van der Waals surface area (Å²) in [4.78, 5) is 17.8. The van der Waals surface area contributed by atoms with Crippen LogP contribution in [0.3, 0.4) is 0 Å². The Hall–Kier alpha value is -1.97. The van der Waals surface area contributed by atoms with Gasteiger partial charge < -0.3 is 4.90 Å². The van der Waals surface area contributed by atoms with Gasteiger partial charge in [0.15, 0.2) is 5.83 Å². The quantitative estimate of drug-likeness (QED) is 0.793. The van der Waals surface area contributed by atoms with E-state index in [-0.39, 0.29) is 5.92 Å². The van der Waals surface area contributed by atoms with Crippen LogP contribution in [0.4, 0.5) is 4.39 Å². The molecule has 0 N–H and O–H groups in total. The molecular weight excluding hydrogens is 255 g/mol. The molecule has 0 unspecified atom stereocenters. The lowest BCUT2D eigenvalue weighted by molar-refractivity contribution is -0.127. The molecule has 4 heteroatoms. The second-order valence-corrected chi connectivity index (χ2v) is 5.43. The van der Waals surface area contributed by atoms with E-state index in [9.17, 15) is 9.18 Å². The Balaban J connectivity index is 1.70. The Kier molecular flexibility index (Phi) is 3.38. The van der Waals surface area contributed by atoms with Gasteiger partial charge in [-0.2, -0.15) is 0 Å². The molecule has 0 bridgehead atoms. The first-order valence-corrected chi connectivity index (χ1v) is 6.92. The largest absolute Gasteiger partial charge is 0.329 e. The Morgan fingerprint density at radius 3 is 2.90 bits per heavy atom. The van der Waals surface area contributed by atoms with Crippen molar-refractivity contribution in [3.63, 3.8) is 0 Å². The fraction of sp³-hybridized carbons (Fsp3) is 0.375. The predicted molar refractivity (Wildman–Crippen MR) is 75.3 cm³/mol. The van der Waals surface area contributed by atoms with Crippen molar-refractivity contribution in [2.75, 3.05) is 13.1 Å². The van der Waals surface area contributed by atoms with Gasteiger partial charge in [0.05, 0.1) is 0 Å². The number of amides is 1. The van der Waals surface area contributed by atoms with Crippen molar-refractivity contribution in [2.24, 2.45) is 5.92 Å². The molecule has 2 aliphatic rings. The van der Waals surface area contributed by atoms with E-state index in [1.165, 1.54) is 0 Å². The van der Waals surface area contributed by atoms with Crippen molar-refractivity contribution >= 4 is 11.5 Å². The third-order valence-electron chi connectivity index (χ3n) is 3.96. The lowest BCUT2D eigenvalue weighted by Gasteiger charge is -2.16. The van der Waals surface area contributed by atoms with E-state index in [4.69, 9.17) is 0 Å². The van der Waals surface area contributed by atoms with Gasteiger partial charge in [-0.3, -0.25) is 9.78 Å². The molecule has 0 saturated heterocycles. The first-order chi connectivity index (χ1) is 9.66. The van der Waals surface area contributed by atoms with Crippen LogP contribution in [0.2, 0.25) is 0 Å². The zero-order valence-corrected chi connectivity index (χ0v) is 11.5. The molecule has 1 amide bonds. The highest BCUT2D eigenvalue weighted by Gasteiger charge is 2.31. The van der Waals surface area contributed by atoms with E-state index in [0.29, 0.717) is 18.7 Å². The van der Waals surface area contributed by atoms with E-state index in [2.05, 4.69) is 4.98 Å². The highest BCUT2D eigenvalue weighted by Crippen LogP contribution is 2.38. The molecule has 1 aliphatic carbocycles. The van der Waals surface area contributed by atoms with Gasteiger partial charge in [0.25, 0.3) is 5.91 Å². The monoisotopic (exact) mass is 272 g/mol. The van der Waals surface area contributed by atoms with Gasteiger partial charge in [-0.25, -0.2) is 4.39 Å². The third-order valence-corrected chi connectivity index (χ3v) is 3.96. The lowest BCUT2D eigenvalue weighted by atomic mass is 10.1. The zero-order chi connectivity index (χ0) is 14.1. The maximum atomic E-state index is 14.1. The molecule has 1 aliphatic heterocycles. The van der Waals surface area contributed by atoms with E-state index in [0.717, 1.165) is 24.0 Å². The SMILES string of the molecule is C/C(=C(/F)C(=O)N1CC=C(c2cccnc2)C1)C1CC1. The minimum atomic E-state index is -0.562. The molecule has 3 rings (SSSR count). The minimum Gasteiger partial charge on any atom is -0.329 e. The van der Waals surface area contributed by atoms with Crippen molar-refractivity contribution in [3.8, 4) is 0 Å². The van der Waals surface area contributed by atoms with Crippen molar-refractivity contribution < 1.29 is 9.18 Å². The predicted octanol–water partition coefficient (Wildman–Crippen LogP) is 2.96. The molecule has 1 saturated carbocycles. The summed E-state index contributed by atoms with van der Waals surface area (Å²) in [6.07, 6.45) is 7.46. The van der Waals surface area contributed by atoms with Crippen LogP contribution in [0, 0.1) is 5.92 Å². The zero-order valence-electron chi connectivity index (χ0n) is 11.5. The molecule has 104 valence electrons. The number of carbonyl (C=O) groups excluding carboxylic acids is 1. The van der Waals surface area contributed by atoms with Crippen molar-refractivity contribution in [3.05, 3.63) is 47.6 Å². The summed E-state index contributed by atoms with van der Waals surface area (Å²) in [6.45, 7) is 2.65. The Labute approximate surface area is 117 Å². The summed E-state index contributed by atoms with van der Waals surface area (Å²) in [5, 5.41) is 0. The second-order valence-electron chi connectivity index (χ2n) is 5.43. The number of nitrogens with zero attached hydrogens (tertiary/aromatic N) is 2. The van der Waals surface area contributed by atoms with E-state index in [1.807, 2.05) is 18.2 Å². The molecule has 2 heterocycles. The average molecular weight is 272 g/mol. The van der Waals surface area contributed by atoms with Crippen LogP contribution in [-0.4, -0.2) is 28.9 Å². The molecule has 0 aromatic carbocycles. The lowest BCUT2D eigenvalue weighted by Crippen LogP contribution is -2.29. The second kappa shape index (κ2) is 5.19. The summed E-state index contributed by atoms with van der Waals surface area (Å²) < 4.78 is 14.1. The molecular formula is C16H17FN2O. The topological polar surface area (TPSA) is 33.2 Å².